The second kappa shape index (κ2) is 6.85. The van der Waals surface area contributed by atoms with Crippen LogP contribution in [0.5, 0.6) is 0 Å². The van der Waals surface area contributed by atoms with Gasteiger partial charge in [-0.15, -0.1) is 11.8 Å². The molecule has 1 N–H and O–H groups in total. The van der Waals surface area contributed by atoms with E-state index in [-0.39, 0.29) is 11.4 Å². The Morgan fingerprint density at radius 2 is 1.96 bits per heavy atom. The van der Waals surface area contributed by atoms with Gasteiger partial charge in [0.2, 0.25) is 0 Å². The SMILES string of the molecule is Cc1ccc(NC(=O)N2CCSC2c2ccc(Cl)cc2)c(C)c1. The van der Waals surface area contributed by atoms with Crippen LogP contribution in [0.15, 0.2) is 42.5 Å². The largest absolute Gasteiger partial charge is 0.323 e. The van der Waals surface area contributed by atoms with E-state index in [9.17, 15) is 4.79 Å². The lowest BCUT2D eigenvalue weighted by molar-refractivity contribution is 0.214. The van der Waals surface area contributed by atoms with Crippen molar-refractivity contribution in [1.29, 1.82) is 0 Å². The standard InChI is InChI=1S/C18H19ClN2OS/c1-12-3-8-16(13(2)11-12)20-18(22)21-9-10-23-17(21)14-4-6-15(19)7-5-14/h3-8,11,17H,9-10H2,1-2H3,(H,20,22). The first kappa shape index (κ1) is 16.2. The number of thioether (sulfide) groups is 1. The number of hydrogen-bond donors (Lipinski definition) is 1. The Labute approximate surface area is 146 Å². The number of amides is 2. The Morgan fingerprint density at radius 1 is 1.22 bits per heavy atom. The normalized spacial score (nSPS) is 17.3. The summed E-state index contributed by atoms with van der Waals surface area (Å²) in [6.07, 6.45) is 0. The van der Waals surface area contributed by atoms with E-state index in [4.69, 9.17) is 11.6 Å². The van der Waals surface area contributed by atoms with Crippen LogP contribution >= 0.6 is 23.4 Å². The lowest BCUT2D eigenvalue weighted by atomic mass is 10.1. The van der Waals surface area contributed by atoms with Gasteiger partial charge in [-0.2, -0.15) is 0 Å². The van der Waals surface area contributed by atoms with Crippen molar-refractivity contribution < 1.29 is 4.79 Å². The summed E-state index contributed by atoms with van der Waals surface area (Å²) in [5, 5.41) is 3.79. The molecule has 2 aromatic carbocycles. The minimum Gasteiger partial charge on any atom is -0.308 e. The number of nitrogens with zero attached hydrogens (tertiary/aromatic N) is 1. The summed E-state index contributed by atoms with van der Waals surface area (Å²) in [5.41, 5.74) is 4.24. The van der Waals surface area contributed by atoms with Gasteiger partial charge in [-0.1, -0.05) is 41.4 Å². The summed E-state index contributed by atoms with van der Waals surface area (Å²) >= 11 is 7.73. The number of carbonyl (C=O) groups excluding carboxylic acids is 1. The predicted molar refractivity (Wildman–Crippen MR) is 98.3 cm³/mol. The summed E-state index contributed by atoms with van der Waals surface area (Å²) in [6.45, 7) is 4.80. The number of hydrogen-bond acceptors (Lipinski definition) is 2. The van der Waals surface area contributed by atoms with Gasteiger partial charge in [0, 0.05) is 23.0 Å². The fourth-order valence-electron chi connectivity index (χ4n) is 2.72. The smallest absolute Gasteiger partial charge is 0.308 e. The van der Waals surface area contributed by atoms with Crippen molar-refractivity contribution in [2.24, 2.45) is 0 Å². The molecule has 0 aliphatic carbocycles. The first-order valence-electron chi connectivity index (χ1n) is 7.56. The third-order valence-corrected chi connectivity index (χ3v) is 5.44. The molecule has 3 nitrogen and oxygen atoms in total. The van der Waals surface area contributed by atoms with E-state index in [0.29, 0.717) is 5.02 Å². The first-order valence-corrected chi connectivity index (χ1v) is 8.99. The summed E-state index contributed by atoms with van der Waals surface area (Å²) < 4.78 is 0. The molecule has 0 radical (unpaired) electrons. The topological polar surface area (TPSA) is 32.3 Å². The summed E-state index contributed by atoms with van der Waals surface area (Å²) in [6, 6.07) is 13.7. The first-order chi connectivity index (χ1) is 11.0. The van der Waals surface area contributed by atoms with E-state index in [1.54, 1.807) is 11.8 Å². The molecule has 0 spiro atoms. The van der Waals surface area contributed by atoms with Gasteiger partial charge in [-0.25, -0.2) is 4.79 Å². The van der Waals surface area contributed by atoms with Gasteiger partial charge < -0.3 is 10.2 Å². The van der Waals surface area contributed by atoms with Gasteiger partial charge >= 0.3 is 6.03 Å². The molecule has 1 aliphatic heterocycles. The highest BCUT2D eigenvalue weighted by atomic mass is 35.5. The number of benzene rings is 2. The minimum atomic E-state index is -0.0538. The summed E-state index contributed by atoms with van der Waals surface area (Å²) in [7, 11) is 0. The fourth-order valence-corrected chi connectivity index (χ4v) is 4.10. The molecule has 1 heterocycles. The number of nitrogens with one attached hydrogen (secondary N) is 1. The quantitative estimate of drug-likeness (QED) is 0.806. The Balaban J connectivity index is 1.76. The number of aryl methyl sites for hydroxylation is 2. The molecule has 3 rings (SSSR count). The molecule has 1 atom stereocenters. The maximum Gasteiger partial charge on any atom is 0.323 e. The van der Waals surface area contributed by atoms with Crippen LogP contribution in [-0.4, -0.2) is 23.2 Å². The maximum absolute atomic E-state index is 12.7. The fraction of sp³-hybridized carbons (Fsp3) is 0.278. The Morgan fingerprint density at radius 3 is 2.65 bits per heavy atom. The average molecular weight is 347 g/mol. The molecule has 0 saturated carbocycles. The van der Waals surface area contributed by atoms with Crippen molar-refractivity contribution in [3.63, 3.8) is 0 Å². The highest BCUT2D eigenvalue weighted by molar-refractivity contribution is 7.99. The van der Waals surface area contributed by atoms with E-state index in [1.165, 1.54) is 5.56 Å². The average Bonchev–Trinajstić information content (AvgIpc) is 3.00. The molecular weight excluding hydrogens is 328 g/mol. The molecule has 23 heavy (non-hydrogen) atoms. The Hall–Kier alpha value is -1.65. The van der Waals surface area contributed by atoms with Crippen LogP contribution in [0.3, 0.4) is 0 Å². The lowest BCUT2D eigenvalue weighted by Crippen LogP contribution is -2.34. The zero-order valence-electron chi connectivity index (χ0n) is 13.2. The van der Waals surface area contributed by atoms with Crippen molar-refractivity contribution in [3.8, 4) is 0 Å². The van der Waals surface area contributed by atoms with Crippen LogP contribution in [-0.2, 0) is 0 Å². The number of rotatable bonds is 2. The molecule has 0 bridgehead atoms. The van der Waals surface area contributed by atoms with E-state index in [2.05, 4.69) is 11.4 Å². The van der Waals surface area contributed by atoms with Gasteiger partial charge in [-0.05, 0) is 43.2 Å². The Bertz CT molecular complexity index is 717. The molecule has 1 aliphatic rings. The number of carbonyl (C=O) groups is 1. The Kier molecular flexibility index (Phi) is 4.83. The minimum absolute atomic E-state index is 0.0398. The molecule has 1 unspecified atom stereocenters. The van der Waals surface area contributed by atoms with Crippen LogP contribution in [0.1, 0.15) is 22.1 Å². The second-order valence-corrected chi connectivity index (χ2v) is 7.34. The number of anilines is 1. The molecule has 120 valence electrons. The van der Waals surface area contributed by atoms with Crippen LogP contribution in [0.4, 0.5) is 10.5 Å². The third-order valence-electron chi connectivity index (χ3n) is 3.93. The number of halogens is 1. The van der Waals surface area contributed by atoms with E-state index >= 15 is 0 Å². The van der Waals surface area contributed by atoms with E-state index in [1.807, 2.05) is 55.1 Å². The van der Waals surface area contributed by atoms with Crippen LogP contribution < -0.4 is 5.32 Å². The van der Waals surface area contributed by atoms with Gasteiger partial charge in [0.1, 0.15) is 5.37 Å². The van der Waals surface area contributed by atoms with Crippen molar-refractivity contribution in [2.75, 3.05) is 17.6 Å². The van der Waals surface area contributed by atoms with E-state index < -0.39 is 0 Å². The van der Waals surface area contributed by atoms with Crippen molar-refractivity contribution >= 4 is 35.1 Å². The maximum atomic E-state index is 12.7. The molecular formula is C18H19ClN2OS. The third kappa shape index (κ3) is 3.65. The van der Waals surface area contributed by atoms with Crippen LogP contribution in [0, 0.1) is 13.8 Å². The molecule has 5 heteroatoms. The van der Waals surface area contributed by atoms with Crippen molar-refractivity contribution in [2.45, 2.75) is 19.2 Å². The highest BCUT2D eigenvalue weighted by Crippen LogP contribution is 2.38. The summed E-state index contributed by atoms with van der Waals surface area (Å²) in [5.74, 6) is 0.938. The highest BCUT2D eigenvalue weighted by Gasteiger charge is 2.30. The second-order valence-electron chi connectivity index (χ2n) is 5.72. The van der Waals surface area contributed by atoms with Crippen LogP contribution in [0.25, 0.3) is 0 Å². The zero-order valence-corrected chi connectivity index (χ0v) is 14.7. The van der Waals surface area contributed by atoms with Gasteiger partial charge in [0.15, 0.2) is 0 Å². The molecule has 1 saturated heterocycles. The van der Waals surface area contributed by atoms with Gasteiger partial charge in [0.05, 0.1) is 0 Å². The van der Waals surface area contributed by atoms with Gasteiger partial charge in [0.25, 0.3) is 0 Å². The van der Waals surface area contributed by atoms with Gasteiger partial charge in [-0.3, -0.25) is 0 Å². The molecule has 2 aromatic rings. The van der Waals surface area contributed by atoms with Crippen LogP contribution in [0.2, 0.25) is 5.02 Å². The zero-order chi connectivity index (χ0) is 16.4. The predicted octanol–water partition coefficient (Wildman–Crippen LogP) is 5.24. The molecule has 1 fully saturated rings. The number of urea groups is 1. The summed E-state index contributed by atoms with van der Waals surface area (Å²) in [4.78, 5) is 14.6. The monoisotopic (exact) mass is 346 g/mol. The molecule has 2 amide bonds. The van der Waals surface area contributed by atoms with Crippen molar-refractivity contribution in [3.05, 3.63) is 64.2 Å². The molecule has 0 aromatic heterocycles. The van der Waals surface area contributed by atoms with Crippen molar-refractivity contribution in [1.82, 2.24) is 4.90 Å². The van der Waals surface area contributed by atoms with E-state index in [0.717, 1.165) is 29.1 Å². The lowest BCUT2D eigenvalue weighted by Gasteiger charge is -2.25.